The molecule has 17 heavy (non-hydrogen) atoms. The fraction of sp³-hybridized carbons (Fsp3) is 0.538. The van der Waals surface area contributed by atoms with Gasteiger partial charge in [0.25, 0.3) is 0 Å². The fourth-order valence-corrected chi connectivity index (χ4v) is 3.00. The van der Waals surface area contributed by atoms with Crippen LogP contribution >= 0.6 is 0 Å². The largest absolute Gasteiger partial charge is 0.379 e. The number of nitrogens with one attached hydrogen (secondary N) is 2. The first-order chi connectivity index (χ1) is 8.25. The molecule has 2 aliphatic rings. The number of nitrogens with zero attached hydrogens (tertiary/aromatic N) is 1. The Balaban J connectivity index is 1.97. The van der Waals surface area contributed by atoms with Gasteiger partial charge in [0, 0.05) is 24.7 Å². The summed E-state index contributed by atoms with van der Waals surface area (Å²) in [4.78, 5) is 16.4. The monoisotopic (exact) mass is 231 g/mol. The van der Waals surface area contributed by atoms with Crippen LogP contribution in [0.5, 0.6) is 0 Å². The van der Waals surface area contributed by atoms with Crippen LogP contribution in [0, 0.1) is 5.92 Å². The maximum absolute atomic E-state index is 12.0. The minimum Gasteiger partial charge on any atom is -0.379 e. The summed E-state index contributed by atoms with van der Waals surface area (Å²) >= 11 is 0. The highest BCUT2D eigenvalue weighted by atomic mass is 16.1. The molecule has 90 valence electrons. The van der Waals surface area contributed by atoms with E-state index in [1.807, 2.05) is 12.1 Å². The molecule has 1 aliphatic carbocycles. The molecular formula is C13H17N3O. The fourth-order valence-electron chi connectivity index (χ4n) is 3.00. The Morgan fingerprint density at radius 2 is 2.29 bits per heavy atom. The van der Waals surface area contributed by atoms with Gasteiger partial charge in [-0.25, -0.2) is 4.98 Å². The van der Waals surface area contributed by atoms with Crippen LogP contribution < -0.4 is 10.6 Å². The van der Waals surface area contributed by atoms with E-state index in [0.717, 1.165) is 30.8 Å². The highest BCUT2D eigenvalue weighted by molar-refractivity contribution is 5.85. The molecule has 1 fully saturated rings. The zero-order valence-corrected chi connectivity index (χ0v) is 9.94. The number of ketones is 1. The Kier molecular flexibility index (Phi) is 2.50. The van der Waals surface area contributed by atoms with Crippen LogP contribution in [0.2, 0.25) is 0 Å². The van der Waals surface area contributed by atoms with Crippen LogP contribution in [0.15, 0.2) is 18.3 Å². The SMILES string of the molecule is C[C@@H]1Nc2ncccc2N[C@@H]2CCCC(=O)[C@H]12. The number of rotatable bonds is 0. The molecule has 0 radical (unpaired) electrons. The highest BCUT2D eigenvalue weighted by Crippen LogP contribution is 2.33. The first-order valence-corrected chi connectivity index (χ1v) is 6.26. The smallest absolute Gasteiger partial charge is 0.149 e. The van der Waals surface area contributed by atoms with Gasteiger partial charge in [-0.05, 0) is 31.9 Å². The lowest BCUT2D eigenvalue weighted by Gasteiger charge is -2.32. The maximum Gasteiger partial charge on any atom is 0.149 e. The molecule has 2 N–H and O–H groups in total. The standard InChI is InChI=1S/C13H17N3O/c1-8-12-9(4-2-6-11(12)17)16-10-5-3-7-14-13(10)15-8/h3,5,7-9,12,16H,2,4,6H2,1H3,(H,14,15)/t8-,9+,12+/m0/s1. The molecule has 0 amide bonds. The predicted molar refractivity (Wildman–Crippen MR) is 67.1 cm³/mol. The Morgan fingerprint density at radius 3 is 3.18 bits per heavy atom. The summed E-state index contributed by atoms with van der Waals surface area (Å²) in [5.41, 5.74) is 1.02. The summed E-state index contributed by atoms with van der Waals surface area (Å²) in [6.45, 7) is 2.08. The van der Waals surface area contributed by atoms with Crippen molar-refractivity contribution in [3.8, 4) is 0 Å². The van der Waals surface area contributed by atoms with Crippen molar-refractivity contribution in [3.05, 3.63) is 18.3 Å². The van der Waals surface area contributed by atoms with Crippen molar-refractivity contribution >= 4 is 17.3 Å². The second-order valence-electron chi connectivity index (χ2n) is 4.97. The molecule has 1 aromatic rings. The molecule has 3 rings (SSSR count). The van der Waals surface area contributed by atoms with Crippen LogP contribution in [0.1, 0.15) is 26.2 Å². The zero-order valence-electron chi connectivity index (χ0n) is 9.94. The van der Waals surface area contributed by atoms with Crippen molar-refractivity contribution in [2.45, 2.75) is 38.3 Å². The van der Waals surface area contributed by atoms with E-state index in [-0.39, 0.29) is 18.0 Å². The highest BCUT2D eigenvalue weighted by Gasteiger charge is 2.38. The molecule has 1 aliphatic heterocycles. The number of Topliss-reactive ketones (excluding diaryl/α,β-unsaturated/α-hetero) is 1. The number of carbonyl (C=O) groups is 1. The Labute approximate surface area is 101 Å². The Hall–Kier alpha value is -1.58. The van der Waals surface area contributed by atoms with Crippen LogP contribution in [0.3, 0.4) is 0 Å². The van der Waals surface area contributed by atoms with E-state index >= 15 is 0 Å². The topological polar surface area (TPSA) is 54.0 Å². The molecule has 0 unspecified atom stereocenters. The summed E-state index contributed by atoms with van der Waals surface area (Å²) in [6.07, 6.45) is 4.56. The second-order valence-corrected chi connectivity index (χ2v) is 4.97. The molecule has 1 saturated carbocycles. The third-order valence-electron chi connectivity index (χ3n) is 3.80. The van der Waals surface area contributed by atoms with Crippen LogP contribution in [-0.2, 0) is 4.79 Å². The summed E-state index contributed by atoms with van der Waals surface area (Å²) in [5.74, 6) is 1.31. The number of carbonyl (C=O) groups excluding carboxylic acids is 1. The molecule has 4 heteroatoms. The molecular weight excluding hydrogens is 214 g/mol. The quantitative estimate of drug-likeness (QED) is 0.717. The van der Waals surface area contributed by atoms with Crippen molar-refractivity contribution in [1.29, 1.82) is 0 Å². The minimum absolute atomic E-state index is 0.0675. The van der Waals surface area contributed by atoms with Crippen LogP contribution in [0.25, 0.3) is 0 Å². The van der Waals surface area contributed by atoms with E-state index in [2.05, 4.69) is 22.5 Å². The number of hydrogen-bond acceptors (Lipinski definition) is 4. The van der Waals surface area contributed by atoms with E-state index in [1.54, 1.807) is 6.20 Å². The first kappa shape index (κ1) is 10.6. The molecule has 0 spiro atoms. The number of fused-ring (bicyclic) bond motifs is 2. The summed E-state index contributed by atoms with van der Waals surface area (Å²) in [6, 6.07) is 4.34. The van der Waals surface area contributed by atoms with Gasteiger partial charge in [0.15, 0.2) is 0 Å². The van der Waals surface area contributed by atoms with E-state index in [4.69, 9.17) is 0 Å². The minimum atomic E-state index is 0.0675. The zero-order chi connectivity index (χ0) is 11.8. The molecule has 4 nitrogen and oxygen atoms in total. The third-order valence-corrected chi connectivity index (χ3v) is 3.80. The number of hydrogen-bond donors (Lipinski definition) is 2. The number of anilines is 2. The summed E-state index contributed by atoms with van der Waals surface area (Å²) in [5, 5.41) is 6.83. The second kappa shape index (κ2) is 4.02. The van der Waals surface area contributed by atoms with E-state index in [0.29, 0.717) is 5.78 Å². The lowest BCUT2D eigenvalue weighted by atomic mass is 9.79. The van der Waals surface area contributed by atoms with Gasteiger partial charge in [-0.1, -0.05) is 0 Å². The van der Waals surface area contributed by atoms with Gasteiger partial charge in [0.1, 0.15) is 11.6 Å². The normalized spacial score (nSPS) is 31.6. The Morgan fingerprint density at radius 1 is 1.41 bits per heavy atom. The first-order valence-electron chi connectivity index (χ1n) is 6.26. The molecule has 1 aromatic heterocycles. The number of aromatic nitrogens is 1. The molecule has 3 atom stereocenters. The predicted octanol–water partition coefficient (Wildman–Crippen LogP) is 2.05. The van der Waals surface area contributed by atoms with Gasteiger partial charge in [-0.15, -0.1) is 0 Å². The summed E-state index contributed by atoms with van der Waals surface area (Å²) < 4.78 is 0. The lowest BCUT2D eigenvalue weighted by Crippen LogP contribution is -2.44. The van der Waals surface area contributed by atoms with Gasteiger partial charge in [0.2, 0.25) is 0 Å². The van der Waals surface area contributed by atoms with Gasteiger partial charge in [0.05, 0.1) is 11.6 Å². The molecule has 0 saturated heterocycles. The molecule has 0 bridgehead atoms. The number of pyridine rings is 1. The van der Waals surface area contributed by atoms with E-state index < -0.39 is 0 Å². The van der Waals surface area contributed by atoms with Crippen LogP contribution in [-0.4, -0.2) is 22.9 Å². The van der Waals surface area contributed by atoms with Gasteiger partial charge < -0.3 is 10.6 Å². The van der Waals surface area contributed by atoms with Gasteiger partial charge in [-0.2, -0.15) is 0 Å². The lowest BCUT2D eigenvalue weighted by molar-refractivity contribution is -0.125. The van der Waals surface area contributed by atoms with E-state index in [1.165, 1.54) is 0 Å². The molecule has 2 heterocycles. The van der Waals surface area contributed by atoms with Gasteiger partial charge >= 0.3 is 0 Å². The van der Waals surface area contributed by atoms with Crippen LogP contribution in [0.4, 0.5) is 11.5 Å². The average molecular weight is 231 g/mol. The van der Waals surface area contributed by atoms with Crippen molar-refractivity contribution in [2.75, 3.05) is 10.6 Å². The van der Waals surface area contributed by atoms with Crippen molar-refractivity contribution in [3.63, 3.8) is 0 Å². The van der Waals surface area contributed by atoms with Crippen molar-refractivity contribution in [2.24, 2.45) is 5.92 Å². The Bertz CT molecular complexity index is 446. The van der Waals surface area contributed by atoms with Crippen molar-refractivity contribution < 1.29 is 4.79 Å². The average Bonchev–Trinajstić information content (AvgIpc) is 2.45. The maximum atomic E-state index is 12.0. The molecule has 0 aromatic carbocycles. The third kappa shape index (κ3) is 1.77. The van der Waals surface area contributed by atoms with Crippen molar-refractivity contribution in [1.82, 2.24) is 4.98 Å². The van der Waals surface area contributed by atoms with E-state index in [9.17, 15) is 4.79 Å². The van der Waals surface area contributed by atoms with Gasteiger partial charge in [-0.3, -0.25) is 4.79 Å². The summed E-state index contributed by atoms with van der Waals surface area (Å²) in [7, 11) is 0.